The maximum absolute atomic E-state index is 12.3. The molecular formula is C23H16Cl2N6O4. The number of ether oxygens (including phenoxy) is 2. The van der Waals surface area contributed by atoms with Crippen LogP contribution in [0.15, 0.2) is 70.7 Å². The normalized spacial score (nSPS) is 13.1. The van der Waals surface area contributed by atoms with Crippen molar-refractivity contribution in [2.24, 2.45) is 5.10 Å². The van der Waals surface area contributed by atoms with Crippen LogP contribution in [0.3, 0.4) is 0 Å². The van der Waals surface area contributed by atoms with E-state index in [1.165, 1.54) is 28.9 Å². The molecular weight excluding hydrogens is 495 g/mol. The van der Waals surface area contributed by atoms with E-state index in [0.717, 1.165) is 10.6 Å². The van der Waals surface area contributed by atoms with Crippen LogP contribution >= 0.6 is 23.2 Å². The highest BCUT2D eigenvalue weighted by Crippen LogP contribution is 2.39. The van der Waals surface area contributed by atoms with E-state index in [1.807, 2.05) is 18.2 Å². The van der Waals surface area contributed by atoms with Crippen molar-refractivity contribution in [1.82, 2.24) is 15.1 Å². The van der Waals surface area contributed by atoms with Gasteiger partial charge in [0.2, 0.25) is 5.88 Å². The zero-order chi connectivity index (χ0) is 25.1. The quantitative estimate of drug-likeness (QED) is 0.526. The minimum atomic E-state index is -0.637. The summed E-state index contributed by atoms with van der Waals surface area (Å²) < 4.78 is 12.1. The van der Waals surface area contributed by atoms with Crippen molar-refractivity contribution in [2.45, 2.75) is 6.54 Å². The summed E-state index contributed by atoms with van der Waals surface area (Å²) in [6.07, 6.45) is 0. The first-order valence-electron chi connectivity index (χ1n) is 9.96. The Morgan fingerprint density at radius 2 is 1.80 bits per heavy atom. The summed E-state index contributed by atoms with van der Waals surface area (Å²) in [6.45, 7) is 3.77. The molecule has 1 aromatic heterocycles. The minimum absolute atomic E-state index is 0.0492. The lowest BCUT2D eigenvalue weighted by atomic mass is 10.2. The minimum Gasteiger partial charge on any atom is -0.497 e. The SMILES string of the molecule is C=C1NC(=O)N(c2cc(Cl)c(Oc3ccc(=O)n(Cc4ccc(OC)cc4)n3)c(Cl)c2)N=C1C#N. The number of anilines is 1. The molecule has 0 spiro atoms. The monoisotopic (exact) mass is 510 g/mol. The number of hydrogen-bond acceptors (Lipinski definition) is 7. The van der Waals surface area contributed by atoms with Crippen molar-refractivity contribution < 1.29 is 14.3 Å². The average molecular weight is 511 g/mol. The molecule has 176 valence electrons. The lowest BCUT2D eigenvalue weighted by Crippen LogP contribution is -2.42. The summed E-state index contributed by atoms with van der Waals surface area (Å²) in [7, 11) is 1.57. The number of allylic oxidation sites excluding steroid dienone is 1. The number of carbonyl (C=O) groups is 1. The van der Waals surface area contributed by atoms with Gasteiger partial charge in [0.05, 0.1) is 35.1 Å². The first-order chi connectivity index (χ1) is 16.8. The second-order valence-corrected chi connectivity index (χ2v) is 7.95. The van der Waals surface area contributed by atoms with Gasteiger partial charge >= 0.3 is 6.03 Å². The third-order valence-electron chi connectivity index (χ3n) is 4.81. The first kappa shape index (κ1) is 23.8. The molecule has 0 fully saturated rings. The van der Waals surface area contributed by atoms with Gasteiger partial charge in [0.1, 0.15) is 11.8 Å². The maximum Gasteiger partial charge on any atom is 0.347 e. The summed E-state index contributed by atoms with van der Waals surface area (Å²) in [5.41, 5.74) is 0.715. The van der Waals surface area contributed by atoms with Crippen molar-refractivity contribution >= 4 is 40.6 Å². The fourth-order valence-electron chi connectivity index (χ4n) is 3.08. The molecule has 0 saturated heterocycles. The van der Waals surface area contributed by atoms with Crippen LogP contribution in [-0.2, 0) is 6.54 Å². The molecule has 10 nitrogen and oxygen atoms in total. The number of nitrogens with zero attached hydrogens (tertiary/aromatic N) is 5. The van der Waals surface area contributed by atoms with E-state index in [2.05, 4.69) is 22.1 Å². The maximum atomic E-state index is 12.3. The number of rotatable bonds is 6. The van der Waals surface area contributed by atoms with E-state index >= 15 is 0 Å². The molecule has 0 aliphatic carbocycles. The number of methoxy groups -OCH3 is 1. The highest BCUT2D eigenvalue weighted by atomic mass is 35.5. The second kappa shape index (κ2) is 9.89. The van der Waals surface area contributed by atoms with E-state index in [-0.39, 0.29) is 50.9 Å². The third-order valence-corrected chi connectivity index (χ3v) is 5.37. The highest BCUT2D eigenvalue weighted by molar-refractivity contribution is 6.37. The summed E-state index contributed by atoms with van der Waals surface area (Å²) in [6, 6.07) is 13.9. The summed E-state index contributed by atoms with van der Waals surface area (Å²) >= 11 is 12.7. The topological polar surface area (TPSA) is 122 Å². The number of benzene rings is 2. The summed E-state index contributed by atoms with van der Waals surface area (Å²) in [4.78, 5) is 24.6. The van der Waals surface area contributed by atoms with Crippen LogP contribution in [0, 0.1) is 11.3 Å². The standard InChI is InChI=1S/C23H16Cl2N6O4/c1-13-19(11-26)28-31(23(33)27-13)15-9-17(24)22(18(25)10-15)35-20-7-8-21(32)30(29-20)12-14-3-5-16(34-2)6-4-14/h3-10H,1,12H2,2H3,(H,27,33). The highest BCUT2D eigenvalue weighted by Gasteiger charge is 2.26. The fourth-order valence-corrected chi connectivity index (χ4v) is 3.64. The number of nitriles is 1. The Balaban J connectivity index is 1.60. The Morgan fingerprint density at radius 1 is 1.11 bits per heavy atom. The number of nitrogens with one attached hydrogen (secondary N) is 1. The smallest absolute Gasteiger partial charge is 0.347 e. The Hall–Kier alpha value is -4.33. The molecule has 0 radical (unpaired) electrons. The van der Waals surface area contributed by atoms with E-state index in [0.29, 0.717) is 5.75 Å². The number of aromatic nitrogens is 2. The molecule has 0 saturated carbocycles. The molecule has 12 heteroatoms. The molecule has 0 unspecified atom stereocenters. The van der Waals surface area contributed by atoms with Crippen molar-refractivity contribution in [3.8, 4) is 23.4 Å². The van der Waals surface area contributed by atoms with Gasteiger partial charge in [0.25, 0.3) is 5.56 Å². The van der Waals surface area contributed by atoms with Gasteiger partial charge in [-0.1, -0.05) is 41.9 Å². The molecule has 35 heavy (non-hydrogen) atoms. The third kappa shape index (κ3) is 5.11. The average Bonchev–Trinajstić information content (AvgIpc) is 2.84. The fraction of sp³-hybridized carbons (Fsp3) is 0.0870. The molecule has 0 atom stereocenters. The number of amides is 2. The van der Waals surface area contributed by atoms with Crippen LogP contribution < -0.4 is 25.4 Å². The molecule has 0 bridgehead atoms. The van der Waals surface area contributed by atoms with Crippen LogP contribution in [0.4, 0.5) is 10.5 Å². The van der Waals surface area contributed by atoms with Gasteiger partial charge in [0.15, 0.2) is 11.5 Å². The van der Waals surface area contributed by atoms with E-state index in [9.17, 15) is 9.59 Å². The summed E-state index contributed by atoms with van der Waals surface area (Å²) in [5, 5.41) is 20.8. The van der Waals surface area contributed by atoms with Gasteiger partial charge in [-0.2, -0.15) is 15.4 Å². The molecule has 1 aliphatic heterocycles. The van der Waals surface area contributed by atoms with Gasteiger partial charge < -0.3 is 14.8 Å². The molecule has 1 aliphatic rings. The van der Waals surface area contributed by atoms with Gasteiger partial charge in [-0.15, -0.1) is 5.10 Å². The van der Waals surface area contributed by atoms with E-state index in [4.69, 9.17) is 37.9 Å². The zero-order valence-electron chi connectivity index (χ0n) is 18.2. The molecule has 4 rings (SSSR count). The first-order valence-corrected chi connectivity index (χ1v) is 10.7. The molecule has 1 N–H and O–H groups in total. The molecule has 2 amide bonds. The predicted molar refractivity (Wildman–Crippen MR) is 130 cm³/mol. The van der Waals surface area contributed by atoms with Crippen molar-refractivity contribution in [3.05, 3.63) is 86.8 Å². The number of carbonyl (C=O) groups excluding carboxylic acids is 1. The number of halogens is 2. The van der Waals surface area contributed by atoms with Crippen molar-refractivity contribution in [2.75, 3.05) is 12.1 Å². The van der Waals surface area contributed by atoms with Gasteiger partial charge in [-0.25, -0.2) is 9.48 Å². The van der Waals surface area contributed by atoms with E-state index in [1.54, 1.807) is 19.2 Å². The Bertz CT molecular complexity index is 1440. The second-order valence-electron chi connectivity index (χ2n) is 7.14. The molecule has 3 aromatic rings. The van der Waals surface area contributed by atoms with Crippen molar-refractivity contribution in [3.63, 3.8) is 0 Å². The number of hydrazone groups is 1. The summed E-state index contributed by atoms with van der Waals surface area (Å²) in [5.74, 6) is 0.831. The lowest BCUT2D eigenvalue weighted by Gasteiger charge is -2.24. The molecule has 2 aromatic carbocycles. The zero-order valence-corrected chi connectivity index (χ0v) is 19.7. The number of urea groups is 1. The van der Waals surface area contributed by atoms with Crippen LogP contribution in [0.25, 0.3) is 0 Å². The Morgan fingerprint density at radius 3 is 2.43 bits per heavy atom. The van der Waals surface area contributed by atoms with Crippen LogP contribution in [0.2, 0.25) is 10.0 Å². The largest absolute Gasteiger partial charge is 0.497 e. The Labute approximate surface area is 209 Å². The van der Waals surface area contributed by atoms with Crippen LogP contribution in [0.1, 0.15) is 5.56 Å². The van der Waals surface area contributed by atoms with Crippen LogP contribution in [0.5, 0.6) is 17.4 Å². The number of hydrogen-bond donors (Lipinski definition) is 1. The van der Waals surface area contributed by atoms with Gasteiger partial charge in [-0.3, -0.25) is 4.79 Å². The Kier molecular flexibility index (Phi) is 6.73. The van der Waals surface area contributed by atoms with Crippen molar-refractivity contribution in [1.29, 1.82) is 5.26 Å². The molecule has 2 heterocycles. The van der Waals surface area contributed by atoms with E-state index < -0.39 is 6.03 Å². The van der Waals surface area contributed by atoms with Gasteiger partial charge in [0, 0.05) is 12.1 Å². The van der Waals surface area contributed by atoms with Gasteiger partial charge in [-0.05, 0) is 29.8 Å². The lowest BCUT2D eigenvalue weighted by molar-refractivity contribution is 0.248. The van der Waals surface area contributed by atoms with Crippen LogP contribution in [-0.4, -0.2) is 28.6 Å². The predicted octanol–water partition coefficient (Wildman–Crippen LogP) is 4.32.